The number of hydrogen-bond acceptors (Lipinski definition) is 2. The van der Waals surface area contributed by atoms with Gasteiger partial charge >= 0.3 is 0 Å². The van der Waals surface area contributed by atoms with E-state index in [0.717, 1.165) is 11.5 Å². The molecule has 1 nitrogen and oxygen atoms in total. The zero-order chi connectivity index (χ0) is 6.85. The van der Waals surface area contributed by atoms with Crippen molar-refractivity contribution in [1.82, 2.24) is 4.37 Å². The molecule has 0 aromatic carbocycles. The van der Waals surface area contributed by atoms with Gasteiger partial charge in [0.2, 0.25) is 0 Å². The maximum Gasteiger partial charge on any atom is 0.282 e. The lowest BCUT2D eigenvalue weighted by molar-refractivity contribution is 0.146. The fraction of sp³-hybridized carbons (Fsp3) is 0.250. The van der Waals surface area contributed by atoms with E-state index in [1.807, 2.05) is 0 Å². The van der Waals surface area contributed by atoms with Gasteiger partial charge in [-0.15, -0.1) is 0 Å². The third kappa shape index (κ3) is 1.46. The molecule has 0 bridgehead atoms. The van der Waals surface area contributed by atoms with Gasteiger partial charge in [0, 0.05) is 5.38 Å². The van der Waals surface area contributed by atoms with E-state index in [1.165, 1.54) is 5.38 Å². The summed E-state index contributed by atoms with van der Waals surface area (Å²) in [6, 6.07) is 0. The van der Waals surface area contributed by atoms with Crippen molar-refractivity contribution in [3.05, 3.63) is 15.5 Å². The molecule has 0 amide bonds. The standard InChI is InChI=1S/C4H2BrF2NS/c5-2-1-9-8-3(2)4(6)7/h1,4H. The number of aromatic nitrogens is 1. The van der Waals surface area contributed by atoms with E-state index in [9.17, 15) is 8.78 Å². The third-order valence-electron chi connectivity index (χ3n) is 0.759. The van der Waals surface area contributed by atoms with Crippen LogP contribution in [-0.2, 0) is 0 Å². The monoisotopic (exact) mass is 213 g/mol. The molecule has 1 aromatic heterocycles. The highest BCUT2D eigenvalue weighted by Gasteiger charge is 2.13. The number of alkyl halides is 2. The van der Waals surface area contributed by atoms with Gasteiger partial charge in [0.05, 0.1) is 4.47 Å². The molecular formula is C4H2BrF2NS. The molecule has 0 aliphatic rings. The van der Waals surface area contributed by atoms with Crippen LogP contribution in [0.25, 0.3) is 0 Å². The topological polar surface area (TPSA) is 12.9 Å². The molecule has 5 heteroatoms. The van der Waals surface area contributed by atoms with Crippen LogP contribution >= 0.6 is 27.5 Å². The first-order valence-electron chi connectivity index (χ1n) is 2.09. The molecule has 1 heterocycles. The van der Waals surface area contributed by atoms with Gasteiger partial charge < -0.3 is 0 Å². The predicted molar refractivity (Wildman–Crippen MR) is 34.8 cm³/mol. The van der Waals surface area contributed by atoms with Crippen LogP contribution in [0.2, 0.25) is 0 Å². The van der Waals surface area contributed by atoms with Gasteiger partial charge in [-0.3, -0.25) is 0 Å². The zero-order valence-corrected chi connectivity index (χ0v) is 6.55. The summed E-state index contributed by atoms with van der Waals surface area (Å²) in [5.74, 6) is 0. The Hall–Kier alpha value is -0.0300. The lowest BCUT2D eigenvalue weighted by atomic mass is 10.5. The van der Waals surface area contributed by atoms with Crippen molar-refractivity contribution in [2.45, 2.75) is 6.43 Å². The molecule has 0 N–H and O–H groups in total. The van der Waals surface area contributed by atoms with Crippen molar-refractivity contribution >= 4 is 27.5 Å². The van der Waals surface area contributed by atoms with E-state index >= 15 is 0 Å². The van der Waals surface area contributed by atoms with Crippen molar-refractivity contribution in [2.24, 2.45) is 0 Å². The van der Waals surface area contributed by atoms with Crippen LogP contribution < -0.4 is 0 Å². The Balaban J connectivity index is 2.94. The third-order valence-corrected chi connectivity index (χ3v) is 2.34. The first kappa shape index (κ1) is 7.08. The van der Waals surface area contributed by atoms with E-state index in [-0.39, 0.29) is 5.69 Å². The SMILES string of the molecule is FC(F)c1nscc1Br. The Bertz CT molecular complexity index is 200. The first-order valence-corrected chi connectivity index (χ1v) is 3.72. The molecular weight excluding hydrogens is 212 g/mol. The summed E-state index contributed by atoms with van der Waals surface area (Å²) in [6.07, 6.45) is -2.47. The minimum atomic E-state index is -2.47. The molecule has 9 heavy (non-hydrogen) atoms. The Morgan fingerprint density at radius 1 is 1.67 bits per heavy atom. The highest BCUT2D eigenvalue weighted by molar-refractivity contribution is 9.10. The Labute approximate surface area is 63.0 Å². The van der Waals surface area contributed by atoms with E-state index in [4.69, 9.17) is 0 Å². The number of rotatable bonds is 1. The number of nitrogens with zero attached hydrogens (tertiary/aromatic N) is 1. The summed E-state index contributed by atoms with van der Waals surface area (Å²) in [7, 11) is 0. The van der Waals surface area contributed by atoms with E-state index in [0.29, 0.717) is 4.47 Å². The molecule has 0 saturated carbocycles. The van der Waals surface area contributed by atoms with Crippen molar-refractivity contribution in [2.75, 3.05) is 0 Å². The zero-order valence-electron chi connectivity index (χ0n) is 4.14. The minimum Gasteiger partial charge on any atom is -0.203 e. The minimum absolute atomic E-state index is 0.167. The largest absolute Gasteiger partial charge is 0.282 e. The van der Waals surface area contributed by atoms with Gasteiger partial charge in [-0.25, -0.2) is 8.78 Å². The van der Waals surface area contributed by atoms with Gasteiger partial charge in [0.15, 0.2) is 0 Å². The molecule has 0 spiro atoms. The lowest BCUT2D eigenvalue weighted by Gasteiger charge is -1.90. The highest BCUT2D eigenvalue weighted by atomic mass is 79.9. The second-order valence-corrected chi connectivity index (χ2v) is 2.83. The average molecular weight is 214 g/mol. The van der Waals surface area contributed by atoms with Crippen LogP contribution in [0.15, 0.2) is 9.85 Å². The summed E-state index contributed by atoms with van der Waals surface area (Å²) in [4.78, 5) is 0. The average Bonchev–Trinajstić information content (AvgIpc) is 2.13. The Morgan fingerprint density at radius 2 is 2.33 bits per heavy atom. The fourth-order valence-electron chi connectivity index (χ4n) is 0.377. The summed E-state index contributed by atoms with van der Waals surface area (Å²) in [5.41, 5.74) is -0.167. The van der Waals surface area contributed by atoms with Crippen LogP contribution in [0.5, 0.6) is 0 Å². The van der Waals surface area contributed by atoms with Crippen LogP contribution in [0.4, 0.5) is 8.78 Å². The van der Waals surface area contributed by atoms with E-state index < -0.39 is 6.43 Å². The number of hydrogen-bond donors (Lipinski definition) is 0. The maximum atomic E-state index is 11.8. The van der Waals surface area contributed by atoms with Crippen LogP contribution in [0.1, 0.15) is 12.1 Å². The predicted octanol–water partition coefficient (Wildman–Crippen LogP) is 2.84. The van der Waals surface area contributed by atoms with Crippen LogP contribution in [0.3, 0.4) is 0 Å². The first-order chi connectivity index (χ1) is 4.22. The van der Waals surface area contributed by atoms with E-state index in [2.05, 4.69) is 20.3 Å². The summed E-state index contributed by atoms with van der Waals surface area (Å²) >= 11 is 3.95. The quantitative estimate of drug-likeness (QED) is 0.700. The molecule has 0 saturated heterocycles. The molecule has 0 unspecified atom stereocenters. The van der Waals surface area contributed by atoms with Gasteiger partial charge in [0.1, 0.15) is 5.69 Å². The van der Waals surface area contributed by atoms with Crippen LogP contribution in [0, 0.1) is 0 Å². The molecule has 0 aliphatic heterocycles. The highest BCUT2D eigenvalue weighted by Crippen LogP contribution is 2.26. The molecule has 1 rings (SSSR count). The van der Waals surface area contributed by atoms with Crippen molar-refractivity contribution in [3.63, 3.8) is 0 Å². The molecule has 0 radical (unpaired) electrons. The summed E-state index contributed by atoms with van der Waals surface area (Å²) < 4.78 is 27.4. The van der Waals surface area contributed by atoms with Crippen LogP contribution in [-0.4, -0.2) is 4.37 Å². The lowest BCUT2D eigenvalue weighted by Crippen LogP contribution is -1.82. The molecule has 0 fully saturated rings. The number of halogens is 3. The van der Waals surface area contributed by atoms with Crippen molar-refractivity contribution < 1.29 is 8.78 Å². The van der Waals surface area contributed by atoms with Crippen molar-refractivity contribution in [3.8, 4) is 0 Å². The molecule has 0 atom stereocenters. The molecule has 0 aliphatic carbocycles. The molecule has 1 aromatic rings. The summed E-state index contributed by atoms with van der Waals surface area (Å²) in [5, 5.41) is 1.53. The van der Waals surface area contributed by atoms with Crippen molar-refractivity contribution in [1.29, 1.82) is 0 Å². The molecule has 50 valence electrons. The second-order valence-electron chi connectivity index (χ2n) is 1.35. The van der Waals surface area contributed by atoms with Gasteiger partial charge in [-0.05, 0) is 27.5 Å². The van der Waals surface area contributed by atoms with Gasteiger partial charge in [-0.2, -0.15) is 4.37 Å². The Morgan fingerprint density at radius 3 is 2.56 bits per heavy atom. The van der Waals surface area contributed by atoms with E-state index in [1.54, 1.807) is 0 Å². The summed E-state index contributed by atoms with van der Waals surface area (Å²) in [6.45, 7) is 0. The normalized spacial score (nSPS) is 10.7. The fourth-order valence-corrected chi connectivity index (χ4v) is 1.56. The second kappa shape index (κ2) is 2.70. The Kier molecular flexibility index (Phi) is 2.13. The maximum absolute atomic E-state index is 11.8. The van der Waals surface area contributed by atoms with Gasteiger partial charge in [-0.1, -0.05) is 0 Å². The smallest absolute Gasteiger partial charge is 0.203 e. The van der Waals surface area contributed by atoms with Gasteiger partial charge in [0.25, 0.3) is 6.43 Å².